The van der Waals surface area contributed by atoms with Gasteiger partial charge in [0.1, 0.15) is 0 Å². The second-order valence-corrected chi connectivity index (χ2v) is 9.66. The topological polar surface area (TPSA) is 78.0 Å². The van der Waals surface area contributed by atoms with Crippen molar-refractivity contribution >= 4 is 22.3 Å². The number of piperidine rings is 1. The van der Waals surface area contributed by atoms with Crippen molar-refractivity contribution in [3.63, 3.8) is 0 Å². The summed E-state index contributed by atoms with van der Waals surface area (Å²) in [5.74, 6) is -0.143. The highest BCUT2D eigenvalue weighted by Gasteiger charge is 2.34. The molecular weight excluding hydrogens is 378 g/mol. The van der Waals surface area contributed by atoms with E-state index in [0.29, 0.717) is 45.6 Å². The molecule has 1 atom stereocenters. The van der Waals surface area contributed by atoms with Crippen molar-refractivity contribution in [2.45, 2.75) is 25.7 Å². The van der Waals surface area contributed by atoms with Crippen LogP contribution in [0.1, 0.15) is 24.8 Å². The first-order chi connectivity index (χ1) is 13.5. The maximum absolute atomic E-state index is 12.8. The second kappa shape index (κ2) is 9.52. The summed E-state index contributed by atoms with van der Waals surface area (Å²) in [6.07, 6.45) is 3.56. The summed E-state index contributed by atoms with van der Waals surface area (Å²) < 4.78 is 27.0. The fourth-order valence-corrected chi connectivity index (χ4v) is 5.52. The molecular formula is C20H29N3O4S. The average molecular weight is 408 g/mol. The molecule has 1 aromatic carbocycles. The Bertz CT molecular complexity index is 761. The van der Waals surface area contributed by atoms with Gasteiger partial charge in [-0.1, -0.05) is 30.3 Å². The lowest BCUT2D eigenvalue weighted by atomic mass is 9.98. The number of piperazine rings is 1. The summed E-state index contributed by atoms with van der Waals surface area (Å²) in [7, 11) is -3.36. The lowest BCUT2D eigenvalue weighted by Crippen LogP contribution is -2.52. The SMILES string of the molecule is O=CN1CCN(C(=O)[C@@H]2CCCN(S(=O)(=O)CCCc3ccccc3)C2)CC1. The first kappa shape index (κ1) is 20.8. The van der Waals surface area contributed by atoms with Crippen molar-refractivity contribution < 1.29 is 18.0 Å². The molecule has 0 aromatic heterocycles. The first-order valence-corrected chi connectivity index (χ1v) is 11.6. The number of carbonyl (C=O) groups is 2. The van der Waals surface area contributed by atoms with Gasteiger partial charge in [-0.25, -0.2) is 12.7 Å². The average Bonchev–Trinajstić information content (AvgIpc) is 2.74. The van der Waals surface area contributed by atoms with Crippen LogP contribution in [0.15, 0.2) is 30.3 Å². The molecule has 2 aliphatic rings. The highest BCUT2D eigenvalue weighted by atomic mass is 32.2. The van der Waals surface area contributed by atoms with Crippen LogP contribution in [0.25, 0.3) is 0 Å². The molecule has 28 heavy (non-hydrogen) atoms. The Morgan fingerprint density at radius 2 is 1.79 bits per heavy atom. The molecule has 1 aromatic rings. The molecule has 2 saturated heterocycles. The normalized spacial score (nSPS) is 21.5. The van der Waals surface area contributed by atoms with Gasteiger partial charge < -0.3 is 9.80 Å². The quantitative estimate of drug-likeness (QED) is 0.631. The van der Waals surface area contributed by atoms with E-state index >= 15 is 0 Å². The molecule has 3 rings (SSSR count). The highest BCUT2D eigenvalue weighted by Crippen LogP contribution is 2.22. The molecule has 0 spiro atoms. The van der Waals surface area contributed by atoms with E-state index in [1.54, 1.807) is 9.80 Å². The van der Waals surface area contributed by atoms with E-state index < -0.39 is 10.0 Å². The van der Waals surface area contributed by atoms with E-state index in [4.69, 9.17) is 0 Å². The zero-order chi connectivity index (χ0) is 20.0. The Balaban J connectivity index is 1.51. The minimum absolute atomic E-state index is 0.0229. The minimum Gasteiger partial charge on any atom is -0.342 e. The Morgan fingerprint density at radius 1 is 1.07 bits per heavy atom. The van der Waals surface area contributed by atoms with E-state index in [2.05, 4.69) is 0 Å². The molecule has 0 bridgehead atoms. The lowest BCUT2D eigenvalue weighted by Gasteiger charge is -2.37. The zero-order valence-corrected chi connectivity index (χ0v) is 17.0. The Morgan fingerprint density at radius 3 is 2.46 bits per heavy atom. The van der Waals surface area contributed by atoms with Crippen molar-refractivity contribution in [1.29, 1.82) is 0 Å². The molecule has 2 fully saturated rings. The number of benzene rings is 1. The molecule has 7 nitrogen and oxygen atoms in total. The fraction of sp³-hybridized carbons (Fsp3) is 0.600. The van der Waals surface area contributed by atoms with Crippen molar-refractivity contribution in [3.05, 3.63) is 35.9 Å². The van der Waals surface area contributed by atoms with Crippen LogP contribution in [0.5, 0.6) is 0 Å². The van der Waals surface area contributed by atoms with Gasteiger partial charge >= 0.3 is 0 Å². The molecule has 0 radical (unpaired) electrons. The summed E-state index contributed by atoms with van der Waals surface area (Å²) in [5.41, 5.74) is 1.14. The molecule has 2 heterocycles. The lowest BCUT2D eigenvalue weighted by molar-refractivity contribution is -0.140. The third-order valence-electron chi connectivity index (χ3n) is 5.61. The second-order valence-electron chi connectivity index (χ2n) is 7.57. The third-order valence-corrected chi connectivity index (χ3v) is 7.54. The Hall–Kier alpha value is -1.93. The molecule has 0 aliphatic carbocycles. The molecule has 0 saturated carbocycles. The molecule has 0 N–H and O–H groups in total. The number of hydrogen-bond donors (Lipinski definition) is 0. The predicted molar refractivity (Wildman–Crippen MR) is 107 cm³/mol. The number of hydrogen-bond acceptors (Lipinski definition) is 4. The summed E-state index contributed by atoms with van der Waals surface area (Å²) in [4.78, 5) is 27.1. The molecule has 8 heteroatoms. The van der Waals surface area contributed by atoms with E-state index in [1.807, 2.05) is 30.3 Å². The van der Waals surface area contributed by atoms with E-state index in [1.165, 1.54) is 4.31 Å². The Kier molecular flexibility index (Phi) is 7.07. The zero-order valence-electron chi connectivity index (χ0n) is 16.2. The van der Waals surface area contributed by atoms with Gasteiger partial charge in [0, 0.05) is 39.3 Å². The van der Waals surface area contributed by atoms with Crippen LogP contribution in [0.3, 0.4) is 0 Å². The maximum atomic E-state index is 12.8. The third kappa shape index (κ3) is 5.32. The number of amides is 2. The van der Waals surface area contributed by atoms with Crippen LogP contribution in [-0.2, 0) is 26.0 Å². The van der Waals surface area contributed by atoms with E-state index in [0.717, 1.165) is 24.8 Å². The van der Waals surface area contributed by atoms with Gasteiger partial charge in [0.25, 0.3) is 0 Å². The largest absolute Gasteiger partial charge is 0.342 e. The number of nitrogens with zero attached hydrogens (tertiary/aromatic N) is 3. The number of rotatable bonds is 7. The van der Waals surface area contributed by atoms with Gasteiger partial charge in [-0.3, -0.25) is 9.59 Å². The minimum atomic E-state index is -3.36. The van der Waals surface area contributed by atoms with Gasteiger partial charge in [-0.15, -0.1) is 0 Å². The number of aryl methyl sites for hydroxylation is 1. The first-order valence-electron chi connectivity index (χ1n) is 9.99. The summed E-state index contributed by atoms with van der Waals surface area (Å²) in [6, 6.07) is 9.88. The number of carbonyl (C=O) groups excluding carboxylic acids is 2. The van der Waals surface area contributed by atoms with Crippen molar-refractivity contribution in [2.24, 2.45) is 5.92 Å². The van der Waals surface area contributed by atoms with Gasteiger partial charge in [0.15, 0.2) is 0 Å². The van der Waals surface area contributed by atoms with Crippen molar-refractivity contribution in [2.75, 3.05) is 45.0 Å². The summed E-state index contributed by atoms with van der Waals surface area (Å²) in [6.45, 7) is 2.92. The van der Waals surface area contributed by atoms with Crippen LogP contribution in [0.2, 0.25) is 0 Å². The van der Waals surface area contributed by atoms with Crippen LogP contribution in [-0.4, -0.2) is 79.9 Å². The smallest absolute Gasteiger partial charge is 0.227 e. The maximum Gasteiger partial charge on any atom is 0.227 e. The van der Waals surface area contributed by atoms with E-state index in [9.17, 15) is 18.0 Å². The summed E-state index contributed by atoms with van der Waals surface area (Å²) in [5, 5.41) is 0. The highest BCUT2D eigenvalue weighted by molar-refractivity contribution is 7.89. The Labute approximate surface area is 167 Å². The van der Waals surface area contributed by atoms with Crippen molar-refractivity contribution in [1.82, 2.24) is 14.1 Å². The predicted octanol–water partition coefficient (Wildman–Crippen LogP) is 0.962. The van der Waals surface area contributed by atoms with Gasteiger partial charge in [0.05, 0.1) is 11.7 Å². The molecule has 2 aliphatic heterocycles. The monoisotopic (exact) mass is 407 g/mol. The van der Waals surface area contributed by atoms with Gasteiger partial charge in [-0.05, 0) is 31.2 Å². The van der Waals surface area contributed by atoms with Crippen LogP contribution in [0, 0.1) is 5.92 Å². The molecule has 154 valence electrons. The van der Waals surface area contributed by atoms with Gasteiger partial charge in [0.2, 0.25) is 22.3 Å². The van der Waals surface area contributed by atoms with Crippen molar-refractivity contribution in [3.8, 4) is 0 Å². The molecule has 0 unspecified atom stereocenters. The van der Waals surface area contributed by atoms with Crippen LogP contribution in [0.4, 0.5) is 0 Å². The van der Waals surface area contributed by atoms with E-state index in [-0.39, 0.29) is 24.1 Å². The van der Waals surface area contributed by atoms with Crippen LogP contribution < -0.4 is 0 Å². The fourth-order valence-electron chi connectivity index (χ4n) is 3.94. The molecule has 2 amide bonds. The standard InChI is InChI=1S/C20H29N3O4S/c24-17-21-11-13-22(14-12-21)20(25)19-9-4-10-23(16-19)28(26,27)15-5-8-18-6-2-1-3-7-18/h1-3,6-7,17,19H,4-5,8-16H2/t19-/m1/s1. The van der Waals surface area contributed by atoms with Crippen LogP contribution >= 0.6 is 0 Å². The number of sulfonamides is 1. The summed E-state index contributed by atoms with van der Waals surface area (Å²) >= 11 is 0. The van der Waals surface area contributed by atoms with Gasteiger partial charge in [-0.2, -0.15) is 0 Å².